The summed E-state index contributed by atoms with van der Waals surface area (Å²) in [4.78, 5) is 0.113. The lowest BCUT2D eigenvalue weighted by Crippen LogP contribution is -2.44. The number of rotatable bonds is 4. The van der Waals surface area contributed by atoms with E-state index in [1.54, 1.807) is 13.8 Å². The first-order chi connectivity index (χ1) is 6.31. The highest BCUT2D eigenvalue weighted by molar-refractivity contribution is 7.89. The van der Waals surface area contributed by atoms with Crippen LogP contribution in [-0.4, -0.2) is 30.7 Å². The van der Waals surface area contributed by atoms with E-state index in [1.165, 1.54) is 12.4 Å². The van der Waals surface area contributed by atoms with Crippen molar-refractivity contribution < 1.29 is 8.42 Å². The van der Waals surface area contributed by atoms with Crippen LogP contribution in [0, 0.1) is 0 Å². The Hall–Kier alpha value is -0.920. The van der Waals surface area contributed by atoms with Gasteiger partial charge in [0.15, 0.2) is 0 Å². The maximum Gasteiger partial charge on any atom is 0.243 e. The number of H-pyrrole nitrogens is 1. The first-order valence-electron chi connectivity index (χ1n) is 4.09. The molecule has 6 nitrogen and oxygen atoms in total. The lowest BCUT2D eigenvalue weighted by molar-refractivity contribution is 0.498. The van der Waals surface area contributed by atoms with Crippen molar-refractivity contribution in [1.82, 2.24) is 14.9 Å². The van der Waals surface area contributed by atoms with E-state index in [9.17, 15) is 8.42 Å². The molecule has 0 amide bonds. The summed E-state index contributed by atoms with van der Waals surface area (Å²) in [6, 6.07) is 0. The summed E-state index contributed by atoms with van der Waals surface area (Å²) in [5.74, 6) is 0. The Morgan fingerprint density at radius 1 is 1.64 bits per heavy atom. The van der Waals surface area contributed by atoms with E-state index in [1.807, 2.05) is 0 Å². The molecule has 0 radical (unpaired) electrons. The van der Waals surface area contributed by atoms with Gasteiger partial charge in [0, 0.05) is 18.3 Å². The van der Waals surface area contributed by atoms with E-state index in [2.05, 4.69) is 14.9 Å². The van der Waals surface area contributed by atoms with E-state index < -0.39 is 15.6 Å². The van der Waals surface area contributed by atoms with Gasteiger partial charge >= 0.3 is 0 Å². The van der Waals surface area contributed by atoms with Crippen molar-refractivity contribution in [2.24, 2.45) is 5.73 Å². The SMILES string of the molecule is CC(C)(N)CNS(=O)(=O)c1cn[nH]c1. The predicted molar refractivity (Wildman–Crippen MR) is 52.0 cm³/mol. The number of nitrogens with zero attached hydrogens (tertiary/aromatic N) is 1. The Labute approximate surface area is 82.9 Å². The molecular weight excluding hydrogens is 204 g/mol. The van der Waals surface area contributed by atoms with Gasteiger partial charge in [0.05, 0.1) is 6.20 Å². The topological polar surface area (TPSA) is 101 Å². The quantitative estimate of drug-likeness (QED) is 0.629. The predicted octanol–water partition coefficient (Wildman–Crippen LogP) is -0.575. The van der Waals surface area contributed by atoms with Crippen molar-refractivity contribution in [3.05, 3.63) is 12.4 Å². The summed E-state index contributed by atoms with van der Waals surface area (Å²) in [6.07, 6.45) is 2.55. The van der Waals surface area contributed by atoms with Crippen LogP contribution in [0.2, 0.25) is 0 Å². The van der Waals surface area contributed by atoms with Crippen molar-refractivity contribution in [2.75, 3.05) is 6.54 Å². The fourth-order valence-electron chi connectivity index (χ4n) is 0.750. The molecule has 14 heavy (non-hydrogen) atoms. The highest BCUT2D eigenvalue weighted by Crippen LogP contribution is 2.05. The number of aromatic amines is 1. The maximum atomic E-state index is 11.5. The monoisotopic (exact) mass is 218 g/mol. The van der Waals surface area contributed by atoms with Crippen LogP contribution in [-0.2, 0) is 10.0 Å². The fourth-order valence-corrected chi connectivity index (χ4v) is 1.88. The third kappa shape index (κ3) is 3.09. The molecule has 0 atom stereocenters. The van der Waals surface area contributed by atoms with E-state index >= 15 is 0 Å². The normalized spacial score (nSPS) is 13.1. The van der Waals surface area contributed by atoms with Gasteiger partial charge < -0.3 is 5.73 Å². The van der Waals surface area contributed by atoms with E-state index in [0.717, 1.165) is 0 Å². The van der Waals surface area contributed by atoms with E-state index in [-0.39, 0.29) is 11.4 Å². The zero-order valence-corrected chi connectivity index (χ0v) is 8.93. The average Bonchev–Trinajstić information content (AvgIpc) is 2.52. The van der Waals surface area contributed by atoms with Crippen molar-refractivity contribution >= 4 is 10.0 Å². The molecule has 0 aromatic carbocycles. The molecule has 1 heterocycles. The van der Waals surface area contributed by atoms with Gasteiger partial charge in [-0.15, -0.1) is 0 Å². The van der Waals surface area contributed by atoms with Gasteiger partial charge in [-0.2, -0.15) is 5.10 Å². The Morgan fingerprint density at radius 3 is 2.71 bits per heavy atom. The fraction of sp³-hybridized carbons (Fsp3) is 0.571. The van der Waals surface area contributed by atoms with Crippen molar-refractivity contribution in [3.8, 4) is 0 Å². The van der Waals surface area contributed by atoms with Gasteiger partial charge in [0.2, 0.25) is 10.0 Å². The van der Waals surface area contributed by atoms with Gasteiger partial charge in [-0.1, -0.05) is 0 Å². The molecule has 0 aliphatic heterocycles. The number of nitrogens with one attached hydrogen (secondary N) is 2. The van der Waals surface area contributed by atoms with Crippen LogP contribution in [0.4, 0.5) is 0 Å². The highest BCUT2D eigenvalue weighted by Gasteiger charge is 2.19. The standard InChI is InChI=1S/C7H14N4O2S/c1-7(2,8)5-11-14(12,13)6-3-9-10-4-6/h3-4,11H,5,8H2,1-2H3,(H,9,10). The zero-order chi connectivity index (χ0) is 10.8. The second-order valence-electron chi connectivity index (χ2n) is 3.75. The van der Waals surface area contributed by atoms with Gasteiger partial charge in [-0.25, -0.2) is 13.1 Å². The lowest BCUT2D eigenvalue weighted by Gasteiger charge is -2.18. The van der Waals surface area contributed by atoms with Crippen LogP contribution in [0.5, 0.6) is 0 Å². The molecule has 0 spiro atoms. The number of hydrogen-bond donors (Lipinski definition) is 3. The molecule has 0 unspecified atom stereocenters. The zero-order valence-electron chi connectivity index (χ0n) is 8.11. The number of hydrogen-bond acceptors (Lipinski definition) is 4. The van der Waals surface area contributed by atoms with Crippen LogP contribution in [0.25, 0.3) is 0 Å². The minimum Gasteiger partial charge on any atom is -0.324 e. The molecule has 0 saturated heterocycles. The molecule has 7 heteroatoms. The van der Waals surface area contributed by atoms with Crippen LogP contribution in [0.15, 0.2) is 17.3 Å². The minimum absolute atomic E-state index is 0.113. The molecule has 1 aromatic heterocycles. The second kappa shape index (κ2) is 3.68. The minimum atomic E-state index is -3.47. The van der Waals surface area contributed by atoms with Crippen molar-refractivity contribution in [3.63, 3.8) is 0 Å². The van der Waals surface area contributed by atoms with Gasteiger partial charge in [0.1, 0.15) is 4.90 Å². The highest BCUT2D eigenvalue weighted by atomic mass is 32.2. The van der Waals surface area contributed by atoms with Crippen molar-refractivity contribution in [1.29, 1.82) is 0 Å². The Balaban J connectivity index is 2.70. The molecule has 0 aliphatic rings. The third-order valence-corrected chi connectivity index (χ3v) is 2.87. The van der Waals surface area contributed by atoms with Gasteiger partial charge in [-0.3, -0.25) is 5.10 Å². The molecule has 80 valence electrons. The Kier molecular flexibility index (Phi) is 2.93. The number of sulfonamides is 1. The van der Waals surface area contributed by atoms with E-state index in [4.69, 9.17) is 5.73 Å². The summed E-state index contributed by atoms with van der Waals surface area (Å²) in [5, 5.41) is 5.99. The first kappa shape index (κ1) is 11.2. The first-order valence-corrected chi connectivity index (χ1v) is 5.57. The molecule has 0 fully saturated rings. The van der Waals surface area contributed by atoms with Crippen LogP contribution in [0.1, 0.15) is 13.8 Å². The summed E-state index contributed by atoms with van der Waals surface area (Å²) >= 11 is 0. The molecule has 0 saturated carbocycles. The smallest absolute Gasteiger partial charge is 0.243 e. The van der Waals surface area contributed by atoms with Crippen LogP contribution in [0.3, 0.4) is 0 Å². The van der Waals surface area contributed by atoms with Crippen molar-refractivity contribution in [2.45, 2.75) is 24.3 Å². The summed E-state index contributed by atoms with van der Waals surface area (Å²) in [7, 11) is -3.47. The lowest BCUT2D eigenvalue weighted by atomic mass is 10.1. The summed E-state index contributed by atoms with van der Waals surface area (Å²) < 4.78 is 25.4. The Morgan fingerprint density at radius 2 is 2.29 bits per heavy atom. The molecule has 1 rings (SSSR count). The number of nitrogens with two attached hydrogens (primary N) is 1. The molecular formula is C7H14N4O2S. The van der Waals surface area contributed by atoms with E-state index in [0.29, 0.717) is 0 Å². The summed E-state index contributed by atoms with van der Waals surface area (Å²) in [5.41, 5.74) is 5.07. The average molecular weight is 218 g/mol. The second-order valence-corrected chi connectivity index (χ2v) is 5.51. The molecule has 1 aromatic rings. The van der Waals surface area contributed by atoms with Gasteiger partial charge in [0.25, 0.3) is 0 Å². The van der Waals surface area contributed by atoms with Gasteiger partial charge in [-0.05, 0) is 13.8 Å². The maximum absolute atomic E-state index is 11.5. The Bertz CT molecular complexity index is 376. The molecule has 0 aliphatic carbocycles. The summed E-state index contributed by atoms with van der Waals surface area (Å²) in [6.45, 7) is 3.66. The number of aromatic nitrogens is 2. The van der Waals surface area contributed by atoms with Crippen LogP contribution >= 0.6 is 0 Å². The molecule has 0 bridgehead atoms. The molecule has 4 N–H and O–H groups in total. The largest absolute Gasteiger partial charge is 0.324 e. The van der Waals surface area contributed by atoms with Crippen LogP contribution < -0.4 is 10.5 Å². The third-order valence-electron chi connectivity index (χ3n) is 1.50.